The highest BCUT2D eigenvalue weighted by Crippen LogP contribution is 2.14. The summed E-state index contributed by atoms with van der Waals surface area (Å²) in [6, 6.07) is 5.73. The van der Waals surface area contributed by atoms with E-state index in [0.29, 0.717) is 19.5 Å². The van der Waals surface area contributed by atoms with Gasteiger partial charge in [-0.3, -0.25) is 4.79 Å². The summed E-state index contributed by atoms with van der Waals surface area (Å²) in [6.07, 6.45) is 0.390. The van der Waals surface area contributed by atoms with E-state index in [4.69, 9.17) is 9.84 Å². The molecule has 0 aliphatic heterocycles. The molecule has 0 heterocycles. The van der Waals surface area contributed by atoms with Gasteiger partial charge in [0.25, 0.3) is 0 Å². The van der Waals surface area contributed by atoms with E-state index < -0.39 is 11.8 Å². The van der Waals surface area contributed by atoms with E-state index in [2.05, 4.69) is 5.32 Å². The molecule has 0 unspecified atom stereocenters. The van der Waals surface area contributed by atoms with Crippen molar-refractivity contribution in [1.82, 2.24) is 10.2 Å². The summed E-state index contributed by atoms with van der Waals surface area (Å²) in [6.45, 7) is 0.753. The second kappa shape index (κ2) is 8.78. The number of ether oxygens (including phenoxy) is 1. The molecule has 6 nitrogen and oxygen atoms in total. The van der Waals surface area contributed by atoms with Gasteiger partial charge in [0, 0.05) is 20.0 Å². The fourth-order valence-corrected chi connectivity index (χ4v) is 1.53. The van der Waals surface area contributed by atoms with E-state index in [1.165, 1.54) is 17.0 Å². The van der Waals surface area contributed by atoms with Crippen molar-refractivity contribution in [3.63, 3.8) is 0 Å². The number of likely N-dealkylation sites (N-methyl/N-ethyl adjacent to an activating group) is 1. The lowest BCUT2D eigenvalue weighted by molar-refractivity contribution is -0.137. The first-order chi connectivity index (χ1) is 10.0. The van der Waals surface area contributed by atoms with Crippen LogP contribution in [0.5, 0.6) is 5.75 Å². The first-order valence-corrected chi connectivity index (χ1v) is 6.59. The van der Waals surface area contributed by atoms with Gasteiger partial charge in [-0.25, -0.2) is 9.18 Å². The number of carbonyl (C=O) groups excluding carboxylic acids is 1. The molecule has 1 aromatic rings. The molecular weight excluding hydrogens is 279 g/mol. The molecule has 0 spiro atoms. The number of rotatable bonds is 8. The quantitative estimate of drug-likeness (QED) is 0.716. The van der Waals surface area contributed by atoms with Crippen molar-refractivity contribution >= 4 is 12.0 Å². The molecule has 1 aromatic carbocycles. The molecule has 116 valence electrons. The van der Waals surface area contributed by atoms with E-state index in [9.17, 15) is 14.0 Å². The fraction of sp³-hybridized carbons (Fsp3) is 0.429. The molecule has 2 N–H and O–H groups in total. The molecule has 0 fully saturated rings. The normalized spacial score (nSPS) is 10.0. The second-order valence-electron chi connectivity index (χ2n) is 4.43. The number of hydrogen-bond donors (Lipinski definition) is 2. The van der Waals surface area contributed by atoms with Crippen LogP contribution >= 0.6 is 0 Å². The Hall–Kier alpha value is -2.31. The Morgan fingerprint density at radius 1 is 1.38 bits per heavy atom. The van der Waals surface area contributed by atoms with Gasteiger partial charge in [0.15, 0.2) is 11.6 Å². The van der Waals surface area contributed by atoms with E-state index in [1.54, 1.807) is 19.2 Å². The standard InChI is InChI=1S/C14H19FN2O4/c1-17(14(20)16-8-4-7-13(18)19)9-10-21-12-6-3-2-5-11(12)15/h2-3,5-6H,4,7-10H2,1H3,(H,16,20)(H,18,19). The largest absolute Gasteiger partial charge is 0.489 e. The molecular formula is C14H19FN2O4. The average Bonchev–Trinajstić information content (AvgIpc) is 2.45. The third-order valence-electron chi connectivity index (χ3n) is 2.71. The Bertz CT molecular complexity index is 482. The van der Waals surface area contributed by atoms with E-state index in [0.717, 1.165) is 0 Å². The van der Waals surface area contributed by atoms with Crippen molar-refractivity contribution in [1.29, 1.82) is 0 Å². The Balaban J connectivity index is 2.21. The van der Waals surface area contributed by atoms with Crippen molar-refractivity contribution < 1.29 is 23.8 Å². The minimum absolute atomic E-state index is 0.0143. The molecule has 0 aromatic heterocycles. The van der Waals surface area contributed by atoms with Crippen LogP contribution in [0, 0.1) is 5.82 Å². The van der Waals surface area contributed by atoms with Crippen LogP contribution in [-0.4, -0.2) is 48.8 Å². The Morgan fingerprint density at radius 2 is 2.10 bits per heavy atom. The number of nitrogens with one attached hydrogen (secondary N) is 1. The molecule has 2 amide bonds. The van der Waals surface area contributed by atoms with Crippen LogP contribution in [-0.2, 0) is 4.79 Å². The smallest absolute Gasteiger partial charge is 0.317 e. The fourth-order valence-electron chi connectivity index (χ4n) is 1.53. The molecule has 0 aliphatic carbocycles. The number of para-hydroxylation sites is 1. The van der Waals surface area contributed by atoms with Gasteiger partial charge in [-0.2, -0.15) is 0 Å². The van der Waals surface area contributed by atoms with Gasteiger partial charge >= 0.3 is 12.0 Å². The van der Waals surface area contributed by atoms with Crippen LogP contribution in [0.4, 0.5) is 9.18 Å². The number of carbonyl (C=O) groups is 2. The highest BCUT2D eigenvalue weighted by atomic mass is 19.1. The maximum Gasteiger partial charge on any atom is 0.317 e. The lowest BCUT2D eigenvalue weighted by Gasteiger charge is -2.18. The minimum atomic E-state index is -0.893. The van der Waals surface area contributed by atoms with Gasteiger partial charge in [0.2, 0.25) is 0 Å². The predicted molar refractivity (Wildman–Crippen MR) is 74.8 cm³/mol. The van der Waals surface area contributed by atoms with Crippen LogP contribution in [0.3, 0.4) is 0 Å². The zero-order valence-corrected chi connectivity index (χ0v) is 11.8. The van der Waals surface area contributed by atoms with Gasteiger partial charge in [-0.1, -0.05) is 12.1 Å². The first kappa shape index (κ1) is 16.7. The number of carboxylic acid groups (broad SMARTS) is 1. The zero-order chi connectivity index (χ0) is 15.7. The van der Waals surface area contributed by atoms with Gasteiger partial charge in [-0.05, 0) is 18.6 Å². The van der Waals surface area contributed by atoms with Gasteiger partial charge in [-0.15, -0.1) is 0 Å². The highest BCUT2D eigenvalue weighted by molar-refractivity contribution is 5.73. The topological polar surface area (TPSA) is 78.9 Å². The van der Waals surface area contributed by atoms with Gasteiger partial charge in [0.1, 0.15) is 6.61 Å². The molecule has 21 heavy (non-hydrogen) atoms. The van der Waals surface area contributed by atoms with Crippen molar-refractivity contribution in [2.75, 3.05) is 26.7 Å². The molecule has 0 atom stereocenters. The van der Waals surface area contributed by atoms with Crippen LogP contribution in [0.25, 0.3) is 0 Å². The number of nitrogens with zero attached hydrogens (tertiary/aromatic N) is 1. The molecule has 7 heteroatoms. The molecule has 0 radical (unpaired) electrons. The molecule has 0 bridgehead atoms. The number of urea groups is 1. The highest BCUT2D eigenvalue weighted by Gasteiger charge is 2.08. The summed E-state index contributed by atoms with van der Waals surface area (Å²) in [5.41, 5.74) is 0. The molecule has 1 rings (SSSR count). The minimum Gasteiger partial charge on any atom is -0.489 e. The lowest BCUT2D eigenvalue weighted by atomic mass is 10.3. The van der Waals surface area contributed by atoms with Crippen LogP contribution in [0.1, 0.15) is 12.8 Å². The van der Waals surface area contributed by atoms with Crippen LogP contribution < -0.4 is 10.1 Å². The maximum atomic E-state index is 13.3. The van der Waals surface area contributed by atoms with E-state index >= 15 is 0 Å². The van der Waals surface area contributed by atoms with Gasteiger partial charge in [0.05, 0.1) is 6.54 Å². The van der Waals surface area contributed by atoms with Crippen LogP contribution in [0.2, 0.25) is 0 Å². The Kier molecular flexibility index (Phi) is 7.00. The molecule has 0 saturated heterocycles. The first-order valence-electron chi connectivity index (χ1n) is 6.59. The van der Waals surface area contributed by atoms with Gasteiger partial charge < -0.3 is 20.1 Å². The number of amides is 2. The zero-order valence-electron chi connectivity index (χ0n) is 11.8. The summed E-state index contributed by atoms with van der Waals surface area (Å²) in [5.74, 6) is -1.19. The van der Waals surface area contributed by atoms with Crippen molar-refractivity contribution in [3.8, 4) is 5.75 Å². The van der Waals surface area contributed by atoms with Crippen molar-refractivity contribution in [3.05, 3.63) is 30.1 Å². The summed E-state index contributed by atoms with van der Waals surface area (Å²) < 4.78 is 18.5. The van der Waals surface area contributed by atoms with Crippen LogP contribution in [0.15, 0.2) is 24.3 Å². The number of benzene rings is 1. The van der Waals surface area contributed by atoms with E-state index in [-0.39, 0.29) is 24.8 Å². The number of halogens is 1. The second-order valence-corrected chi connectivity index (χ2v) is 4.43. The third kappa shape index (κ3) is 6.60. The summed E-state index contributed by atoms with van der Waals surface area (Å²) in [7, 11) is 1.58. The summed E-state index contributed by atoms with van der Waals surface area (Å²) in [5, 5.41) is 11.1. The Labute approximate surface area is 122 Å². The number of aliphatic carboxylic acids is 1. The number of carboxylic acids is 1. The monoisotopic (exact) mass is 298 g/mol. The summed E-state index contributed by atoms with van der Waals surface area (Å²) >= 11 is 0. The lowest BCUT2D eigenvalue weighted by Crippen LogP contribution is -2.39. The molecule has 0 aliphatic rings. The Morgan fingerprint density at radius 3 is 2.76 bits per heavy atom. The predicted octanol–water partition coefficient (Wildman–Crippen LogP) is 1.71. The summed E-state index contributed by atoms with van der Waals surface area (Å²) in [4.78, 5) is 23.3. The van der Waals surface area contributed by atoms with Crippen molar-refractivity contribution in [2.45, 2.75) is 12.8 Å². The maximum absolute atomic E-state index is 13.3. The SMILES string of the molecule is CN(CCOc1ccccc1F)C(=O)NCCCC(=O)O. The van der Waals surface area contributed by atoms with Crippen molar-refractivity contribution in [2.24, 2.45) is 0 Å². The average molecular weight is 298 g/mol. The molecule has 0 saturated carbocycles. The third-order valence-corrected chi connectivity index (χ3v) is 2.71. The number of hydrogen-bond acceptors (Lipinski definition) is 3. The van der Waals surface area contributed by atoms with E-state index in [1.807, 2.05) is 0 Å².